The molecule has 6 nitrogen and oxygen atoms in total. The van der Waals surface area contributed by atoms with Crippen molar-refractivity contribution in [2.75, 3.05) is 0 Å². The van der Waals surface area contributed by atoms with Gasteiger partial charge in [0.1, 0.15) is 6.17 Å². The van der Waals surface area contributed by atoms with Gasteiger partial charge in [-0.3, -0.25) is 0 Å². The number of carboxylic acid groups (broad SMARTS) is 1. The molecule has 0 aromatic heterocycles. The summed E-state index contributed by atoms with van der Waals surface area (Å²) < 4.78 is 4.26. The highest BCUT2D eigenvalue weighted by atomic mass is 16.6. The number of amides is 1. The first kappa shape index (κ1) is 24.0. The zero-order valence-corrected chi connectivity index (χ0v) is 15.6. The molecule has 1 saturated carbocycles. The fourth-order valence-electron chi connectivity index (χ4n) is 2.44. The Morgan fingerprint density at radius 2 is 1.65 bits per heavy atom. The second-order valence-electron chi connectivity index (χ2n) is 5.48. The maximum atomic E-state index is 10.3. The number of carboxylic acids is 1. The van der Waals surface area contributed by atoms with Gasteiger partial charge in [-0.15, -0.1) is 0 Å². The minimum atomic E-state index is -1.26. The second kappa shape index (κ2) is 14.3. The summed E-state index contributed by atoms with van der Waals surface area (Å²) >= 11 is 0. The molecule has 0 aromatic rings. The molecular weight excluding hydrogens is 296 g/mol. The summed E-state index contributed by atoms with van der Waals surface area (Å²) in [6.07, 6.45) is 4.47. The third-order valence-electron chi connectivity index (χ3n) is 3.68. The molecule has 1 aliphatic carbocycles. The zero-order valence-electron chi connectivity index (χ0n) is 15.6. The molecule has 0 radical (unpaired) electrons. The number of carbonyl (C=O) groups is 2. The van der Waals surface area contributed by atoms with Gasteiger partial charge >= 0.3 is 12.1 Å². The van der Waals surface area contributed by atoms with Crippen molar-refractivity contribution in [3.05, 3.63) is 0 Å². The Hall–Kier alpha value is -1.30. The van der Waals surface area contributed by atoms with Crippen LogP contribution in [-0.2, 0) is 9.53 Å². The third kappa shape index (κ3) is 10.2. The van der Waals surface area contributed by atoms with Gasteiger partial charge in [0.25, 0.3) is 0 Å². The number of ether oxygens (including phenoxy) is 1. The summed E-state index contributed by atoms with van der Waals surface area (Å²) in [5.41, 5.74) is 5.13. The number of alkyl carbamates (subject to hydrolysis) is 1. The van der Waals surface area contributed by atoms with Crippen LogP contribution >= 0.6 is 0 Å². The molecule has 1 amide bonds. The molecule has 4 N–H and O–H groups in total. The molecule has 1 aliphatic heterocycles. The summed E-state index contributed by atoms with van der Waals surface area (Å²) in [5, 5.41) is 10.4. The minimum absolute atomic E-state index is 0.792. The predicted molar refractivity (Wildman–Crippen MR) is 93.1 cm³/mol. The molecule has 2 fully saturated rings. The normalized spacial score (nSPS) is 23.0. The first-order valence-corrected chi connectivity index (χ1v) is 8.87. The van der Waals surface area contributed by atoms with Crippen molar-refractivity contribution in [3.63, 3.8) is 0 Å². The Morgan fingerprint density at radius 3 is 1.87 bits per heavy atom. The van der Waals surface area contributed by atoms with Crippen molar-refractivity contribution in [1.82, 2.24) is 5.32 Å². The van der Waals surface area contributed by atoms with E-state index in [9.17, 15) is 9.59 Å². The van der Waals surface area contributed by atoms with E-state index in [2.05, 4.69) is 23.9 Å². The quantitative estimate of drug-likeness (QED) is 0.715. The average Bonchev–Trinajstić information content (AvgIpc) is 2.91. The lowest BCUT2D eigenvalue weighted by Gasteiger charge is -2.24. The SMILES string of the molecule is CC.CC.CC(C)C1CCCCC1.NC1NC(=O)OC1C(=O)O. The monoisotopic (exact) mass is 332 g/mol. The van der Waals surface area contributed by atoms with Crippen molar-refractivity contribution in [2.45, 2.75) is 85.9 Å². The maximum absolute atomic E-state index is 10.3. The first-order valence-electron chi connectivity index (χ1n) is 8.87. The fraction of sp³-hybridized carbons (Fsp3) is 0.882. The molecule has 2 atom stereocenters. The molecule has 2 unspecified atom stereocenters. The third-order valence-corrected chi connectivity index (χ3v) is 3.68. The van der Waals surface area contributed by atoms with Gasteiger partial charge in [-0.25, -0.2) is 9.59 Å². The Morgan fingerprint density at radius 1 is 1.17 bits per heavy atom. The molecule has 23 heavy (non-hydrogen) atoms. The molecule has 1 heterocycles. The van der Waals surface area contributed by atoms with Crippen molar-refractivity contribution >= 4 is 12.1 Å². The van der Waals surface area contributed by atoms with Crippen LogP contribution in [0.2, 0.25) is 0 Å². The second-order valence-corrected chi connectivity index (χ2v) is 5.48. The van der Waals surface area contributed by atoms with Crippen LogP contribution in [0.25, 0.3) is 0 Å². The van der Waals surface area contributed by atoms with Crippen LogP contribution in [0.15, 0.2) is 0 Å². The zero-order chi connectivity index (χ0) is 18.4. The van der Waals surface area contributed by atoms with Crippen LogP contribution in [0, 0.1) is 11.8 Å². The highest BCUT2D eigenvalue weighted by molar-refractivity contribution is 5.81. The number of hydrogen-bond donors (Lipinski definition) is 3. The molecule has 0 bridgehead atoms. The molecule has 2 rings (SSSR count). The van der Waals surface area contributed by atoms with E-state index in [1.807, 2.05) is 27.7 Å². The topological polar surface area (TPSA) is 102 Å². The van der Waals surface area contributed by atoms with E-state index in [1.165, 1.54) is 32.1 Å². The summed E-state index contributed by atoms with van der Waals surface area (Å²) in [5.74, 6) is 0.745. The van der Waals surface area contributed by atoms with Gasteiger partial charge in [0.15, 0.2) is 0 Å². The number of nitrogens with two attached hydrogens (primary N) is 1. The van der Waals surface area contributed by atoms with Gasteiger partial charge in [0.2, 0.25) is 6.10 Å². The highest BCUT2D eigenvalue weighted by Gasteiger charge is 2.36. The molecule has 0 aromatic carbocycles. The van der Waals surface area contributed by atoms with E-state index in [0.29, 0.717) is 0 Å². The predicted octanol–water partition coefficient (Wildman–Crippen LogP) is 3.74. The standard InChI is InChI=1S/C9H18.C4H6N2O4.2C2H6/c1-8(2)9-6-4-3-5-7-9;5-2-1(3(7)8)10-4(9)6-2;2*1-2/h8-9H,3-7H2,1-2H3;1-2H,5H2,(H,6,9)(H,7,8);2*1-2H3. The van der Waals surface area contributed by atoms with Gasteiger partial charge in [-0.1, -0.05) is 73.6 Å². The number of hydrogen-bond acceptors (Lipinski definition) is 4. The largest absolute Gasteiger partial charge is 0.478 e. The average molecular weight is 332 g/mol. The van der Waals surface area contributed by atoms with Gasteiger partial charge in [-0.2, -0.15) is 0 Å². The Labute approximate surface area is 141 Å². The highest BCUT2D eigenvalue weighted by Crippen LogP contribution is 2.29. The lowest BCUT2D eigenvalue weighted by atomic mass is 9.82. The van der Waals surface area contributed by atoms with Gasteiger partial charge in [0, 0.05) is 0 Å². The van der Waals surface area contributed by atoms with Gasteiger partial charge < -0.3 is 20.9 Å². The van der Waals surface area contributed by atoms with E-state index in [-0.39, 0.29) is 0 Å². The number of nitrogens with one attached hydrogen (secondary N) is 1. The first-order chi connectivity index (χ1) is 10.9. The number of carbonyl (C=O) groups excluding carboxylic acids is 1. The van der Waals surface area contributed by atoms with E-state index in [4.69, 9.17) is 10.8 Å². The van der Waals surface area contributed by atoms with Crippen molar-refractivity contribution in [3.8, 4) is 0 Å². The lowest BCUT2D eigenvalue weighted by Crippen LogP contribution is -2.43. The van der Waals surface area contributed by atoms with Gasteiger partial charge in [-0.05, 0) is 11.8 Å². The van der Waals surface area contributed by atoms with Crippen LogP contribution in [0.5, 0.6) is 0 Å². The van der Waals surface area contributed by atoms with Crippen LogP contribution in [0.4, 0.5) is 4.79 Å². The minimum Gasteiger partial charge on any atom is -0.478 e. The van der Waals surface area contributed by atoms with Crippen LogP contribution in [0.1, 0.15) is 73.6 Å². The summed E-state index contributed by atoms with van der Waals surface area (Å²) in [6.45, 7) is 12.7. The maximum Gasteiger partial charge on any atom is 0.409 e. The lowest BCUT2D eigenvalue weighted by molar-refractivity contribution is -0.145. The van der Waals surface area contributed by atoms with E-state index in [0.717, 1.165) is 11.8 Å². The molecule has 1 saturated heterocycles. The van der Waals surface area contributed by atoms with Crippen molar-refractivity contribution in [2.24, 2.45) is 17.6 Å². The molecular formula is C17H36N2O4. The Bertz CT molecular complexity index is 316. The van der Waals surface area contributed by atoms with E-state index in [1.54, 1.807) is 0 Å². The summed E-state index contributed by atoms with van der Waals surface area (Å²) in [6, 6.07) is 0. The van der Waals surface area contributed by atoms with Crippen LogP contribution in [-0.4, -0.2) is 29.4 Å². The molecule has 2 aliphatic rings. The van der Waals surface area contributed by atoms with Crippen molar-refractivity contribution < 1.29 is 19.4 Å². The van der Waals surface area contributed by atoms with Crippen molar-refractivity contribution in [1.29, 1.82) is 0 Å². The number of rotatable bonds is 2. The fourth-order valence-corrected chi connectivity index (χ4v) is 2.44. The number of aliphatic carboxylic acids is 1. The molecule has 6 heteroatoms. The Kier molecular flexibility index (Phi) is 14.9. The summed E-state index contributed by atoms with van der Waals surface area (Å²) in [4.78, 5) is 20.5. The molecule has 0 spiro atoms. The molecule has 138 valence electrons. The number of cyclic esters (lactones) is 1. The van der Waals surface area contributed by atoms with E-state index >= 15 is 0 Å². The smallest absolute Gasteiger partial charge is 0.409 e. The van der Waals surface area contributed by atoms with Gasteiger partial charge in [0.05, 0.1) is 0 Å². The Balaban J connectivity index is 0. The van der Waals surface area contributed by atoms with Crippen LogP contribution in [0.3, 0.4) is 0 Å². The van der Waals surface area contributed by atoms with E-state index < -0.39 is 24.3 Å². The summed E-state index contributed by atoms with van der Waals surface area (Å²) in [7, 11) is 0. The van der Waals surface area contributed by atoms with Crippen LogP contribution < -0.4 is 11.1 Å².